The zero-order chi connectivity index (χ0) is 18.9. The van der Waals surface area contributed by atoms with E-state index in [1.807, 2.05) is 6.07 Å². The number of aromatic nitrogens is 1. The summed E-state index contributed by atoms with van der Waals surface area (Å²) >= 11 is 6.21. The molecule has 1 aromatic heterocycles. The van der Waals surface area contributed by atoms with Crippen molar-refractivity contribution < 1.29 is 17.5 Å². The Bertz CT molecular complexity index is 1080. The van der Waals surface area contributed by atoms with Gasteiger partial charge in [0.2, 0.25) is 0 Å². The van der Waals surface area contributed by atoms with Crippen molar-refractivity contribution >= 4 is 21.4 Å². The van der Waals surface area contributed by atoms with Crippen LogP contribution in [0.25, 0.3) is 22.3 Å². The van der Waals surface area contributed by atoms with Gasteiger partial charge >= 0.3 is 0 Å². The zero-order valence-corrected chi connectivity index (χ0v) is 15.6. The van der Waals surface area contributed by atoms with Gasteiger partial charge in [0, 0.05) is 24.2 Å². The molecule has 0 saturated heterocycles. The molecule has 26 heavy (non-hydrogen) atoms. The van der Waals surface area contributed by atoms with E-state index in [1.54, 1.807) is 36.7 Å². The predicted octanol–water partition coefficient (Wildman–Crippen LogP) is 4.62. The van der Waals surface area contributed by atoms with Gasteiger partial charge in [0.15, 0.2) is 9.84 Å². The summed E-state index contributed by atoms with van der Waals surface area (Å²) in [5, 5.41) is 0.450. The third-order valence-corrected chi connectivity index (χ3v) is 5.35. The molecule has 2 aromatic carbocycles. The van der Waals surface area contributed by atoms with Crippen LogP contribution in [0.5, 0.6) is 5.75 Å². The van der Waals surface area contributed by atoms with Gasteiger partial charge in [0.05, 0.1) is 12.1 Å². The Kier molecular flexibility index (Phi) is 4.98. The maximum atomic E-state index is 14.3. The van der Waals surface area contributed by atoms with Gasteiger partial charge in [-0.3, -0.25) is 4.98 Å². The van der Waals surface area contributed by atoms with E-state index in [2.05, 4.69) is 4.98 Å². The summed E-state index contributed by atoms with van der Waals surface area (Å²) in [5.74, 6) is -0.248. The summed E-state index contributed by atoms with van der Waals surface area (Å²) in [7, 11) is -2.10. The van der Waals surface area contributed by atoms with E-state index < -0.39 is 15.7 Å². The van der Waals surface area contributed by atoms with Gasteiger partial charge in [-0.25, -0.2) is 12.8 Å². The summed E-state index contributed by atoms with van der Waals surface area (Å²) in [6, 6.07) is 11.1. The molecule has 0 spiro atoms. The topological polar surface area (TPSA) is 56.3 Å². The number of rotatable bonds is 4. The SMILES string of the molecule is COc1ccc(-c2ccncc2-c2ccc(S(C)(=O)=O)c(F)c2)cc1Cl. The summed E-state index contributed by atoms with van der Waals surface area (Å²) in [5.41, 5.74) is 2.77. The fourth-order valence-corrected chi connectivity index (χ4v) is 3.67. The summed E-state index contributed by atoms with van der Waals surface area (Å²) < 4.78 is 42.7. The Labute approximate surface area is 156 Å². The third kappa shape index (κ3) is 3.57. The first-order valence-corrected chi connectivity index (χ1v) is 9.86. The van der Waals surface area contributed by atoms with Gasteiger partial charge in [0.1, 0.15) is 16.5 Å². The quantitative estimate of drug-likeness (QED) is 0.651. The van der Waals surface area contributed by atoms with Crippen LogP contribution in [0, 0.1) is 5.82 Å². The standard InChI is InChI=1S/C19H15ClFNO3S/c1-25-18-5-3-12(9-16(18)20)14-7-8-22-11-15(14)13-4-6-19(17(21)10-13)26(2,23)24/h3-11H,1-2H3. The van der Waals surface area contributed by atoms with E-state index in [9.17, 15) is 12.8 Å². The van der Waals surface area contributed by atoms with Crippen LogP contribution in [0.15, 0.2) is 59.8 Å². The summed E-state index contributed by atoms with van der Waals surface area (Å²) in [6.45, 7) is 0. The molecule has 0 saturated carbocycles. The molecule has 0 aliphatic rings. The molecule has 134 valence electrons. The number of hydrogen-bond donors (Lipinski definition) is 0. The van der Waals surface area contributed by atoms with Crippen molar-refractivity contribution in [3.8, 4) is 28.0 Å². The first-order valence-electron chi connectivity index (χ1n) is 7.59. The second-order valence-corrected chi connectivity index (χ2v) is 8.08. The second-order valence-electron chi connectivity index (χ2n) is 5.69. The molecule has 0 aliphatic carbocycles. The lowest BCUT2D eigenvalue weighted by Gasteiger charge is -2.12. The molecule has 0 atom stereocenters. The highest BCUT2D eigenvalue weighted by Gasteiger charge is 2.16. The fourth-order valence-electron chi connectivity index (χ4n) is 2.68. The van der Waals surface area contributed by atoms with Crippen LogP contribution < -0.4 is 4.74 Å². The predicted molar refractivity (Wildman–Crippen MR) is 99.7 cm³/mol. The lowest BCUT2D eigenvalue weighted by atomic mass is 9.96. The molecule has 0 fully saturated rings. The molecule has 0 unspecified atom stereocenters. The first kappa shape index (κ1) is 18.4. The van der Waals surface area contributed by atoms with Crippen LogP contribution in [-0.2, 0) is 9.84 Å². The third-order valence-electron chi connectivity index (χ3n) is 3.93. The molecule has 0 N–H and O–H groups in total. The van der Waals surface area contributed by atoms with Gasteiger partial charge < -0.3 is 4.74 Å². The van der Waals surface area contributed by atoms with E-state index >= 15 is 0 Å². The zero-order valence-electron chi connectivity index (χ0n) is 14.0. The van der Waals surface area contributed by atoms with E-state index in [0.717, 1.165) is 17.4 Å². The Morgan fingerprint density at radius 2 is 1.73 bits per heavy atom. The van der Waals surface area contributed by atoms with Crippen molar-refractivity contribution in [1.82, 2.24) is 4.98 Å². The molecule has 0 bridgehead atoms. The fraction of sp³-hybridized carbons (Fsp3) is 0.105. The molecule has 0 radical (unpaired) electrons. The lowest BCUT2D eigenvalue weighted by molar-refractivity contribution is 0.415. The van der Waals surface area contributed by atoms with Crippen LogP contribution in [0.2, 0.25) is 5.02 Å². The van der Waals surface area contributed by atoms with E-state index in [4.69, 9.17) is 16.3 Å². The van der Waals surface area contributed by atoms with E-state index in [0.29, 0.717) is 21.9 Å². The Morgan fingerprint density at radius 1 is 1.04 bits per heavy atom. The van der Waals surface area contributed by atoms with Crippen molar-refractivity contribution in [3.63, 3.8) is 0 Å². The van der Waals surface area contributed by atoms with Crippen molar-refractivity contribution in [1.29, 1.82) is 0 Å². The monoisotopic (exact) mass is 391 g/mol. The highest BCUT2D eigenvalue weighted by molar-refractivity contribution is 7.90. The van der Waals surface area contributed by atoms with Gasteiger partial charge in [-0.15, -0.1) is 0 Å². The maximum Gasteiger partial charge on any atom is 0.178 e. The number of methoxy groups -OCH3 is 1. The average molecular weight is 392 g/mol. The maximum absolute atomic E-state index is 14.3. The van der Waals surface area contributed by atoms with Gasteiger partial charge in [-0.2, -0.15) is 0 Å². The summed E-state index contributed by atoms with van der Waals surface area (Å²) in [4.78, 5) is 3.77. The van der Waals surface area contributed by atoms with E-state index in [1.165, 1.54) is 19.2 Å². The van der Waals surface area contributed by atoms with Crippen LogP contribution in [0.4, 0.5) is 4.39 Å². The van der Waals surface area contributed by atoms with Gasteiger partial charge in [0.25, 0.3) is 0 Å². The molecule has 1 heterocycles. The molecule has 4 nitrogen and oxygen atoms in total. The lowest BCUT2D eigenvalue weighted by Crippen LogP contribution is -2.01. The first-order chi connectivity index (χ1) is 12.3. The minimum atomic E-state index is -3.63. The normalized spacial score (nSPS) is 11.4. The van der Waals surface area contributed by atoms with Crippen molar-refractivity contribution in [3.05, 3.63) is 65.7 Å². The van der Waals surface area contributed by atoms with Gasteiger partial charge in [-0.05, 0) is 47.0 Å². The van der Waals surface area contributed by atoms with Crippen LogP contribution in [-0.4, -0.2) is 26.8 Å². The molecular weight excluding hydrogens is 377 g/mol. The highest BCUT2D eigenvalue weighted by Crippen LogP contribution is 2.36. The van der Waals surface area contributed by atoms with Crippen LogP contribution >= 0.6 is 11.6 Å². The van der Waals surface area contributed by atoms with Crippen LogP contribution in [0.1, 0.15) is 0 Å². The largest absolute Gasteiger partial charge is 0.495 e. The van der Waals surface area contributed by atoms with Crippen molar-refractivity contribution in [2.75, 3.05) is 13.4 Å². The number of ether oxygens (including phenoxy) is 1. The molecule has 0 aliphatic heterocycles. The van der Waals surface area contributed by atoms with Crippen molar-refractivity contribution in [2.45, 2.75) is 4.90 Å². The molecular formula is C19H15ClFNO3S. The number of sulfone groups is 1. The highest BCUT2D eigenvalue weighted by atomic mass is 35.5. The second kappa shape index (κ2) is 7.05. The number of hydrogen-bond acceptors (Lipinski definition) is 4. The van der Waals surface area contributed by atoms with Crippen LogP contribution in [0.3, 0.4) is 0 Å². The molecule has 3 rings (SSSR count). The minimum absolute atomic E-state index is 0.334. The Balaban J connectivity index is 2.14. The smallest absolute Gasteiger partial charge is 0.178 e. The number of halogens is 2. The minimum Gasteiger partial charge on any atom is -0.495 e. The van der Waals surface area contributed by atoms with E-state index in [-0.39, 0.29) is 4.90 Å². The molecule has 3 aromatic rings. The van der Waals surface area contributed by atoms with Gasteiger partial charge in [-0.1, -0.05) is 23.7 Å². The number of nitrogens with zero attached hydrogens (tertiary/aromatic N) is 1. The number of pyridine rings is 1. The number of benzene rings is 2. The average Bonchev–Trinajstić information content (AvgIpc) is 2.60. The Morgan fingerprint density at radius 3 is 2.35 bits per heavy atom. The molecule has 7 heteroatoms. The summed E-state index contributed by atoms with van der Waals surface area (Å²) in [6.07, 6.45) is 4.19. The Hall–Kier alpha value is -2.44. The molecule has 0 amide bonds. The van der Waals surface area contributed by atoms with Crippen molar-refractivity contribution in [2.24, 2.45) is 0 Å².